The Bertz CT molecular complexity index is 1370. The number of hydrogen-bond acceptors (Lipinski definition) is 6. The summed E-state index contributed by atoms with van der Waals surface area (Å²) in [6, 6.07) is 7.55. The monoisotopic (exact) mass is 542 g/mol. The summed E-state index contributed by atoms with van der Waals surface area (Å²) < 4.78 is 2.53. The first-order valence-corrected chi connectivity index (χ1v) is 12.6. The minimum atomic E-state index is -1.96. The molecule has 0 unspecified atom stereocenters. The fraction of sp³-hybridized carbons (Fsp3) is 0.423. The number of carbonyl (C=O) groups is 1. The fourth-order valence-electron chi connectivity index (χ4n) is 4.86. The summed E-state index contributed by atoms with van der Waals surface area (Å²) in [6.45, 7) is 4.45. The van der Waals surface area contributed by atoms with Crippen LogP contribution in [0.25, 0.3) is 22.3 Å². The van der Waals surface area contributed by atoms with Gasteiger partial charge in [0, 0.05) is 39.6 Å². The first-order chi connectivity index (χ1) is 16.7. The van der Waals surface area contributed by atoms with Gasteiger partial charge in [-0.15, -0.1) is 0 Å². The third-order valence-electron chi connectivity index (χ3n) is 6.81. The SMILES string of the molecule is CCc1c2c(nc3ccc(Br)cc13)-c1cc([C@@](O)(CC)C(=O)NCCN(C)C)c(CO)c(=O)n1C2. The lowest BCUT2D eigenvalue weighted by molar-refractivity contribution is -0.141. The largest absolute Gasteiger partial charge is 0.391 e. The van der Waals surface area contributed by atoms with Crippen LogP contribution in [0.3, 0.4) is 0 Å². The third-order valence-corrected chi connectivity index (χ3v) is 7.31. The van der Waals surface area contributed by atoms with E-state index in [1.807, 2.05) is 37.2 Å². The molecule has 186 valence electrons. The smallest absolute Gasteiger partial charge is 0.257 e. The molecule has 4 rings (SSSR count). The Morgan fingerprint density at radius 3 is 2.63 bits per heavy atom. The number of hydrogen-bond donors (Lipinski definition) is 3. The Hall–Kier alpha value is -2.59. The van der Waals surface area contributed by atoms with Crippen molar-refractivity contribution in [3.8, 4) is 11.4 Å². The maximum atomic E-state index is 13.5. The molecule has 0 saturated carbocycles. The van der Waals surface area contributed by atoms with Gasteiger partial charge in [0.2, 0.25) is 0 Å². The highest BCUT2D eigenvalue weighted by atomic mass is 79.9. The third kappa shape index (κ3) is 4.31. The van der Waals surface area contributed by atoms with Gasteiger partial charge in [-0.1, -0.05) is 29.8 Å². The molecule has 3 N–H and O–H groups in total. The molecule has 0 saturated heterocycles. The Kier molecular flexibility index (Phi) is 7.15. The van der Waals surface area contributed by atoms with Crippen molar-refractivity contribution in [2.24, 2.45) is 0 Å². The van der Waals surface area contributed by atoms with Gasteiger partial charge in [-0.2, -0.15) is 0 Å². The number of aliphatic hydroxyl groups is 2. The van der Waals surface area contributed by atoms with Crippen LogP contribution >= 0.6 is 15.9 Å². The molecule has 1 aromatic carbocycles. The van der Waals surface area contributed by atoms with Gasteiger partial charge in [0.25, 0.3) is 11.5 Å². The van der Waals surface area contributed by atoms with E-state index in [0.717, 1.165) is 32.9 Å². The first kappa shape index (κ1) is 25.5. The molecule has 3 heterocycles. The molecule has 1 amide bonds. The minimum Gasteiger partial charge on any atom is -0.391 e. The Balaban J connectivity index is 1.90. The molecule has 9 heteroatoms. The van der Waals surface area contributed by atoms with E-state index < -0.39 is 23.7 Å². The second kappa shape index (κ2) is 9.81. The zero-order chi connectivity index (χ0) is 25.5. The number of amides is 1. The molecule has 2 aromatic heterocycles. The molecule has 0 aliphatic carbocycles. The second-order valence-corrected chi connectivity index (χ2v) is 10.1. The summed E-state index contributed by atoms with van der Waals surface area (Å²) in [5.74, 6) is -0.593. The molecule has 8 nitrogen and oxygen atoms in total. The number of aryl methyl sites for hydroxylation is 1. The van der Waals surface area contributed by atoms with Gasteiger partial charge in [0.05, 0.1) is 30.1 Å². The summed E-state index contributed by atoms with van der Waals surface area (Å²) in [5, 5.41) is 25.5. The highest BCUT2D eigenvalue weighted by Gasteiger charge is 2.40. The number of carbonyl (C=O) groups excluding carboxylic acids is 1. The molecular weight excluding hydrogens is 512 g/mol. The van der Waals surface area contributed by atoms with Crippen molar-refractivity contribution in [3.63, 3.8) is 0 Å². The van der Waals surface area contributed by atoms with Crippen molar-refractivity contribution in [1.29, 1.82) is 0 Å². The number of fused-ring (bicyclic) bond motifs is 4. The summed E-state index contributed by atoms with van der Waals surface area (Å²) >= 11 is 3.53. The lowest BCUT2D eigenvalue weighted by atomic mass is 9.86. The molecule has 1 atom stereocenters. The molecule has 1 aliphatic rings. The maximum absolute atomic E-state index is 13.5. The highest BCUT2D eigenvalue weighted by Crippen LogP contribution is 2.39. The van der Waals surface area contributed by atoms with Gasteiger partial charge in [-0.25, -0.2) is 4.98 Å². The average molecular weight is 543 g/mol. The lowest BCUT2D eigenvalue weighted by Crippen LogP contribution is -2.47. The molecule has 0 fully saturated rings. The molecule has 3 aromatic rings. The van der Waals surface area contributed by atoms with Crippen molar-refractivity contribution in [1.82, 2.24) is 19.8 Å². The highest BCUT2D eigenvalue weighted by molar-refractivity contribution is 9.10. The summed E-state index contributed by atoms with van der Waals surface area (Å²) in [7, 11) is 3.78. The standard InChI is InChI=1S/C26H31BrN4O4/c1-5-16-17-11-15(27)7-8-21(17)29-23-18(16)13-31-22(23)12-20(19(14-32)24(31)33)26(35,6-2)25(34)28-9-10-30(3)4/h7-8,11-12,32,35H,5-6,9-10,13-14H2,1-4H3,(H,28,34)/t26-/m0/s1. The predicted molar refractivity (Wildman–Crippen MR) is 139 cm³/mol. The van der Waals surface area contributed by atoms with Gasteiger partial charge in [-0.05, 0) is 56.8 Å². The van der Waals surface area contributed by atoms with Crippen molar-refractivity contribution < 1.29 is 15.0 Å². The number of aromatic nitrogens is 2. The van der Waals surface area contributed by atoms with E-state index in [1.54, 1.807) is 17.6 Å². The Labute approximate surface area is 212 Å². The predicted octanol–water partition coefficient (Wildman–Crippen LogP) is 2.52. The van der Waals surface area contributed by atoms with Crippen molar-refractivity contribution >= 4 is 32.7 Å². The topological polar surface area (TPSA) is 108 Å². The van der Waals surface area contributed by atoms with Crippen LogP contribution in [0.5, 0.6) is 0 Å². The van der Waals surface area contributed by atoms with Gasteiger partial charge in [0.1, 0.15) is 0 Å². The maximum Gasteiger partial charge on any atom is 0.257 e. The lowest BCUT2D eigenvalue weighted by Gasteiger charge is -2.29. The average Bonchev–Trinajstić information content (AvgIpc) is 3.20. The van der Waals surface area contributed by atoms with E-state index in [0.29, 0.717) is 31.0 Å². The number of aliphatic hydroxyl groups excluding tert-OH is 1. The molecule has 0 spiro atoms. The fourth-order valence-corrected chi connectivity index (χ4v) is 5.22. The van der Waals surface area contributed by atoms with E-state index >= 15 is 0 Å². The summed E-state index contributed by atoms with van der Waals surface area (Å²) in [6.07, 6.45) is 0.802. The number of nitrogens with one attached hydrogen (secondary N) is 1. The number of rotatable bonds is 8. The zero-order valence-electron chi connectivity index (χ0n) is 20.5. The second-order valence-electron chi connectivity index (χ2n) is 9.18. The van der Waals surface area contributed by atoms with Crippen LogP contribution < -0.4 is 10.9 Å². The molecular formula is C26H31BrN4O4. The Morgan fingerprint density at radius 1 is 1.26 bits per heavy atom. The van der Waals surface area contributed by atoms with E-state index in [9.17, 15) is 19.8 Å². The summed E-state index contributed by atoms with van der Waals surface area (Å²) in [5.41, 5.74) is 1.86. The minimum absolute atomic E-state index is 0.0269. The zero-order valence-corrected chi connectivity index (χ0v) is 22.1. The van der Waals surface area contributed by atoms with Crippen LogP contribution in [0, 0.1) is 0 Å². The first-order valence-electron chi connectivity index (χ1n) is 11.8. The van der Waals surface area contributed by atoms with Crippen LogP contribution in [-0.4, -0.2) is 57.8 Å². The van der Waals surface area contributed by atoms with E-state index in [4.69, 9.17) is 4.98 Å². The summed E-state index contributed by atoms with van der Waals surface area (Å²) in [4.78, 5) is 33.5. The normalized spacial score (nSPS) is 14.2. The van der Waals surface area contributed by atoms with Crippen LogP contribution in [-0.2, 0) is 30.0 Å². The van der Waals surface area contributed by atoms with Crippen LogP contribution in [0.4, 0.5) is 0 Å². The molecule has 1 aliphatic heterocycles. The van der Waals surface area contributed by atoms with Gasteiger partial charge in [0.15, 0.2) is 5.60 Å². The van der Waals surface area contributed by atoms with Gasteiger partial charge in [-0.3, -0.25) is 9.59 Å². The number of likely N-dealkylation sites (N-methyl/N-ethyl adjacent to an activating group) is 1. The van der Waals surface area contributed by atoms with Crippen molar-refractivity contribution in [2.45, 2.75) is 45.4 Å². The van der Waals surface area contributed by atoms with Crippen molar-refractivity contribution in [3.05, 3.63) is 61.3 Å². The van der Waals surface area contributed by atoms with Crippen LogP contribution in [0.2, 0.25) is 0 Å². The quantitative estimate of drug-likeness (QED) is 0.315. The van der Waals surface area contributed by atoms with Crippen LogP contribution in [0.1, 0.15) is 42.5 Å². The van der Waals surface area contributed by atoms with Gasteiger partial charge < -0.3 is 25.0 Å². The molecule has 0 bridgehead atoms. The molecule has 0 radical (unpaired) electrons. The van der Waals surface area contributed by atoms with Gasteiger partial charge >= 0.3 is 0 Å². The van der Waals surface area contributed by atoms with E-state index in [-0.39, 0.29) is 17.5 Å². The van der Waals surface area contributed by atoms with Crippen LogP contribution in [0.15, 0.2) is 33.5 Å². The molecule has 35 heavy (non-hydrogen) atoms. The van der Waals surface area contributed by atoms with E-state index in [1.165, 1.54) is 0 Å². The Morgan fingerprint density at radius 2 is 2.00 bits per heavy atom. The number of pyridine rings is 2. The van der Waals surface area contributed by atoms with E-state index in [2.05, 4.69) is 28.2 Å². The number of nitrogens with zero attached hydrogens (tertiary/aromatic N) is 3. The number of benzene rings is 1. The van der Waals surface area contributed by atoms with Crippen molar-refractivity contribution in [2.75, 3.05) is 27.2 Å². The number of halogens is 1.